The summed E-state index contributed by atoms with van der Waals surface area (Å²) in [6.07, 6.45) is 0. The highest BCUT2D eigenvalue weighted by Crippen LogP contribution is 2.30. The van der Waals surface area contributed by atoms with Gasteiger partial charge in [0.15, 0.2) is 4.77 Å². The summed E-state index contributed by atoms with van der Waals surface area (Å²) in [5.41, 5.74) is 2.77. The van der Waals surface area contributed by atoms with Gasteiger partial charge in [0, 0.05) is 0 Å². The molecular formula is C16H16N2O2S. The van der Waals surface area contributed by atoms with Gasteiger partial charge in [-0.25, -0.2) is 0 Å². The number of hydrogen-bond donors (Lipinski definition) is 1. The normalized spacial score (nSPS) is 10.8. The van der Waals surface area contributed by atoms with Crippen LogP contribution in [-0.2, 0) is 0 Å². The molecule has 0 fully saturated rings. The molecule has 0 unspecified atom stereocenters. The molecule has 4 nitrogen and oxygen atoms in total. The third kappa shape index (κ3) is 2.29. The number of hydrogen-bond acceptors (Lipinski definition) is 3. The van der Waals surface area contributed by atoms with Crippen molar-refractivity contribution >= 4 is 23.3 Å². The maximum absolute atomic E-state index is 5.66. The van der Waals surface area contributed by atoms with Crippen LogP contribution in [0, 0.1) is 4.77 Å². The zero-order valence-corrected chi connectivity index (χ0v) is 12.7. The number of aromatic amines is 1. The Morgan fingerprint density at radius 2 is 1.86 bits per heavy atom. The predicted molar refractivity (Wildman–Crippen MR) is 86.2 cm³/mol. The number of para-hydroxylation sites is 3. The lowest BCUT2D eigenvalue weighted by atomic mass is 10.2. The molecule has 0 saturated carbocycles. The first-order chi connectivity index (χ1) is 10.3. The summed E-state index contributed by atoms with van der Waals surface area (Å²) >= 11 is 5.48. The number of nitrogens with one attached hydrogen (secondary N) is 1. The Bertz CT molecular complexity index is 836. The zero-order valence-electron chi connectivity index (χ0n) is 11.9. The second-order valence-corrected chi connectivity index (χ2v) is 4.91. The average molecular weight is 300 g/mol. The van der Waals surface area contributed by atoms with E-state index in [2.05, 4.69) is 4.98 Å². The number of methoxy groups -OCH3 is 1. The van der Waals surface area contributed by atoms with Crippen LogP contribution >= 0.6 is 12.2 Å². The molecule has 1 N–H and O–H groups in total. The van der Waals surface area contributed by atoms with Gasteiger partial charge in [0.05, 0.1) is 24.9 Å². The van der Waals surface area contributed by atoms with E-state index in [1.54, 1.807) is 7.11 Å². The smallest absolute Gasteiger partial charge is 0.182 e. The van der Waals surface area contributed by atoms with Gasteiger partial charge in [0.25, 0.3) is 0 Å². The van der Waals surface area contributed by atoms with E-state index < -0.39 is 0 Å². The second-order valence-electron chi connectivity index (χ2n) is 4.52. The molecule has 108 valence electrons. The third-order valence-corrected chi connectivity index (χ3v) is 3.59. The van der Waals surface area contributed by atoms with Gasteiger partial charge in [-0.3, -0.25) is 4.57 Å². The quantitative estimate of drug-likeness (QED) is 0.737. The van der Waals surface area contributed by atoms with E-state index in [4.69, 9.17) is 21.7 Å². The van der Waals surface area contributed by atoms with Gasteiger partial charge < -0.3 is 14.5 Å². The van der Waals surface area contributed by atoms with E-state index in [1.165, 1.54) is 0 Å². The third-order valence-electron chi connectivity index (χ3n) is 3.31. The molecule has 0 aliphatic heterocycles. The average Bonchev–Trinajstić information content (AvgIpc) is 2.84. The fourth-order valence-corrected chi connectivity index (χ4v) is 2.73. The molecule has 21 heavy (non-hydrogen) atoms. The molecule has 0 spiro atoms. The summed E-state index contributed by atoms with van der Waals surface area (Å²) in [6, 6.07) is 13.7. The van der Waals surface area contributed by atoms with Crippen molar-refractivity contribution < 1.29 is 9.47 Å². The van der Waals surface area contributed by atoms with E-state index in [1.807, 2.05) is 54.0 Å². The Morgan fingerprint density at radius 1 is 1.10 bits per heavy atom. The van der Waals surface area contributed by atoms with Gasteiger partial charge in [0.1, 0.15) is 17.0 Å². The standard InChI is InChI=1S/C16H16N2O2S/c1-3-20-14-10-6-8-12-15(14)17-16(21)18(12)11-7-4-5-9-13(11)19-2/h4-10H,3H2,1-2H3,(H,17,21). The van der Waals surface area contributed by atoms with E-state index in [9.17, 15) is 0 Å². The summed E-state index contributed by atoms with van der Waals surface area (Å²) in [4.78, 5) is 3.23. The highest BCUT2D eigenvalue weighted by atomic mass is 32.1. The van der Waals surface area contributed by atoms with E-state index in [0.717, 1.165) is 28.2 Å². The molecule has 3 aromatic rings. The Labute approximate surface area is 127 Å². The van der Waals surface area contributed by atoms with Crippen molar-refractivity contribution in [1.82, 2.24) is 9.55 Å². The first-order valence-corrected chi connectivity index (χ1v) is 7.17. The van der Waals surface area contributed by atoms with Crippen LogP contribution in [0.25, 0.3) is 16.7 Å². The molecule has 0 radical (unpaired) electrons. The minimum Gasteiger partial charge on any atom is -0.495 e. The minimum atomic E-state index is 0.611. The monoisotopic (exact) mass is 300 g/mol. The van der Waals surface area contributed by atoms with Gasteiger partial charge in [-0.15, -0.1) is 0 Å². The summed E-state index contributed by atoms with van der Waals surface area (Å²) in [5, 5.41) is 0. The van der Waals surface area contributed by atoms with Crippen molar-refractivity contribution in [3.8, 4) is 17.2 Å². The molecule has 1 aromatic heterocycles. The van der Waals surface area contributed by atoms with Gasteiger partial charge in [-0.1, -0.05) is 18.2 Å². The number of aromatic nitrogens is 2. The molecule has 0 aliphatic rings. The van der Waals surface area contributed by atoms with Crippen LogP contribution in [0.4, 0.5) is 0 Å². The first-order valence-electron chi connectivity index (χ1n) is 6.76. The SMILES string of the molecule is CCOc1cccc2c1[nH]c(=S)n2-c1ccccc1OC. The van der Waals surface area contributed by atoms with Crippen LogP contribution in [-0.4, -0.2) is 23.3 Å². The second kappa shape index (κ2) is 5.61. The fourth-order valence-electron chi connectivity index (χ4n) is 2.43. The number of fused-ring (bicyclic) bond motifs is 1. The Hall–Kier alpha value is -2.27. The molecule has 0 aliphatic carbocycles. The van der Waals surface area contributed by atoms with Crippen molar-refractivity contribution in [3.63, 3.8) is 0 Å². The predicted octanol–water partition coefficient (Wildman–Crippen LogP) is 4.10. The van der Waals surface area contributed by atoms with Crippen molar-refractivity contribution in [2.24, 2.45) is 0 Å². The van der Waals surface area contributed by atoms with Crippen LogP contribution < -0.4 is 9.47 Å². The van der Waals surface area contributed by atoms with Crippen molar-refractivity contribution in [1.29, 1.82) is 0 Å². The molecule has 2 aromatic carbocycles. The Morgan fingerprint density at radius 3 is 2.62 bits per heavy atom. The van der Waals surface area contributed by atoms with Crippen LogP contribution in [0.2, 0.25) is 0 Å². The molecule has 0 amide bonds. The molecule has 5 heteroatoms. The number of imidazole rings is 1. The lowest BCUT2D eigenvalue weighted by Crippen LogP contribution is -1.98. The van der Waals surface area contributed by atoms with Gasteiger partial charge in [0.2, 0.25) is 0 Å². The summed E-state index contributed by atoms with van der Waals surface area (Å²) in [6.45, 7) is 2.57. The van der Waals surface area contributed by atoms with E-state index in [0.29, 0.717) is 11.4 Å². The lowest BCUT2D eigenvalue weighted by Gasteiger charge is -2.10. The molecule has 0 bridgehead atoms. The highest BCUT2D eigenvalue weighted by molar-refractivity contribution is 7.71. The van der Waals surface area contributed by atoms with Crippen molar-refractivity contribution in [3.05, 3.63) is 47.2 Å². The van der Waals surface area contributed by atoms with E-state index >= 15 is 0 Å². The summed E-state index contributed by atoms with van der Waals surface area (Å²) in [7, 11) is 1.66. The maximum atomic E-state index is 5.66. The highest BCUT2D eigenvalue weighted by Gasteiger charge is 2.13. The molecule has 3 rings (SSSR count). The van der Waals surface area contributed by atoms with Crippen molar-refractivity contribution in [2.45, 2.75) is 6.92 Å². The number of H-pyrrole nitrogens is 1. The maximum Gasteiger partial charge on any atom is 0.182 e. The van der Waals surface area contributed by atoms with Gasteiger partial charge >= 0.3 is 0 Å². The van der Waals surface area contributed by atoms with Crippen LogP contribution in [0.5, 0.6) is 11.5 Å². The van der Waals surface area contributed by atoms with Crippen LogP contribution in [0.3, 0.4) is 0 Å². The molecule has 0 atom stereocenters. The van der Waals surface area contributed by atoms with Gasteiger partial charge in [-0.2, -0.15) is 0 Å². The number of rotatable bonds is 4. The minimum absolute atomic E-state index is 0.611. The number of benzene rings is 2. The summed E-state index contributed by atoms with van der Waals surface area (Å²) < 4.78 is 13.7. The molecular weight excluding hydrogens is 284 g/mol. The van der Waals surface area contributed by atoms with Gasteiger partial charge in [-0.05, 0) is 43.4 Å². The van der Waals surface area contributed by atoms with Crippen LogP contribution in [0.15, 0.2) is 42.5 Å². The fraction of sp³-hybridized carbons (Fsp3) is 0.188. The Kier molecular flexibility index (Phi) is 3.66. The first kappa shape index (κ1) is 13.7. The molecule has 1 heterocycles. The topological polar surface area (TPSA) is 39.2 Å². The number of nitrogens with zero attached hydrogens (tertiary/aromatic N) is 1. The molecule has 0 saturated heterocycles. The Balaban J connectivity index is 2.31. The van der Waals surface area contributed by atoms with Crippen molar-refractivity contribution in [2.75, 3.05) is 13.7 Å². The zero-order chi connectivity index (χ0) is 14.8. The summed E-state index contributed by atoms with van der Waals surface area (Å²) in [5.74, 6) is 1.58. The van der Waals surface area contributed by atoms with Crippen LogP contribution in [0.1, 0.15) is 6.92 Å². The lowest BCUT2D eigenvalue weighted by molar-refractivity contribution is 0.343. The van der Waals surface area contributed by atoms with E-state index in [-0.39, 0.29) is 0 Å². The largest absolute Gasteiger partial charge is 0.495 e. The number of ether oxygens (including phenoxy) is 2.